The molecule has 1 heterocycles. The van der Waals surface area contributed by atoms with Crippen molar-refractivity contribution in [1.82, 2.24) is 25.3 Å². The smallest absolute Gasteiger partial charge is 0.241 e. The van der Waals surface area contributed by atoms with E-state index in [0.717, 1.165) is 29.1 Å². The van der Waals surface area contributed by atoms with Gasteiger partial charge in [-0.25, -0.2) is 9.67 Å². The normalized spacial score (nSPS) is 11.0. The van der Waals surface area contributed by atoms with Gasteiger partial charge < -0.3 is 15.5 Å². The van der Waals surface area contributed by atoms with Gasteiger partial charge in [-0.2, -0.15) is 5.10 Å². The van der Waals surface area contributed by atoms with E-state index in [1.165, 1.54) is 5.56 Å². The fourth-order valence-corrected chi connectivity index (χ4v) is 3.35. The van der Waals surface area contributed by atoms with Crippen LogP contribution in [0.25, 0.3) is 5.69 Å². The fraction of sp³-hybridized carbons (Fsp3) is 0.320. The molecule has 0 aliphatic rings. The van der Waals surface area contributed by atoms with Gasteiger partial charge in [0.1, 0.15) is 0 Å². The first kappa shape index (κ1) is 26.4. The van der Waals surface area contributed by atoms with E-state index in [2.05, 4.69) is 46.1 Å². The second-order valence-electron chi connectivity index (χ2n) is 7.94. The van der Waals surface area contributed by atoms with Crippen molar-refractivity contribution in [3.05, 3.63) is 83.2 Å². The van der Waals surface area contributed by atoms with Gasteiger partial charge in [-0.1, -0.05) is 48.5 Å². The average molecular weight is 560 g/mol. The molecule has 0 unspecified atom stereocenters. The zero-order valence-corrected chi connectivity index (χ0v) is 22.0. The second kappa shape index (κ2) is 13.0. The van der Waals surface area contributed by atoms with E-state index < -0.39 is 0 Å². The van der Waals surface area contributed by atoms with Crippen LogP contribution in [0.2, 0.25) is 0 Å². The van der Waals surface area contributed by atoms with Crippen molar-refractivity contribution in [3.63, 3.8) is 0 Å². The van der Waals surface area contributed by atoms with E-state index in [9.17, 15) is 4.79 Å². The summed E-state index contributed by atoms with van der Waals surface area (Å²) in [5.74, 6) is 0.602. The molecule has 0 saturated heterocycles. The third-order valence-corrected chi connectivity index (χ3v) is 5.09. The molecule has 0 aliphatic heterocycles. The monoisotopic (exact) mass is 560 g/mol. The zero-order chi connectivity index (χ0) is 22.9. The van der Waals surface area contributed by atoms with Crippen molar-refractivity contribution in [1.29, 1.82) is 0 Å². The molecule has 176 valence electrons. The number of amides is 1. The Kier molecular flexibility index (Phi) is 10.4. The number of carbonyl (C=O) groups excluding carboxylic acids is 1. The standard InChI is InChI=1S/C25H32N6O.HI/c1-19-16-20(2)31(29-19)23-13-9-8-12-22(23)17-27-25(28-18-24(32)30(3)4)26-15-14-21-10-6-5-7-11-21;/h5-13,16H,14-15,17-18H2,1-4H3,(H2,26,27,28);1H. The van der Waals surface area contributed by atoms with Crippen LogP contribution in [0.5, 0.6) is 0 Å². The molecule has 33 heavy (non-hydrogen) atoms. The van der Waals surface area contributed by atoms with E-state index >= 15 is 0 Å². The molecule has 8 heteroatoms. The molecule has 3 rings (SSSR count). The van der Waals surface area contributed by atoms with Crippen molar-refractivity contribution in [2.45, 2.75) is 26.8 Å². The number of hydrogen-bond acceptors (Lipinski definition) is 3. The number of hydrogen-bond donors (Lipinski definition) is 2. The molecule has 7 nitrogen and oxygen atoms in total. The van der Waals surface area contributed by atoms with Crippen molar-refractivity contribution >= 4 is 35.8 Å². The molecule has 0 atom stereocenters. The molecule has 2 N–H and O–H groups in total. The molecule has 1 amide bonds. The Balaban J connectivity index is 0.00000385. The molecule has 0 aliphatic carbocycles. The first-order chi connectivity index (χ1) is 15.4. The van der Waals surface area contributed by atoms with Crippen LogP contribution in [0.4, 0.5) is 0 Å². The van der Waals surface area contributed by atoms with Gasteiger partial charge in [0.15, 0.2) is 5.96 Å². The Labute approximate surface area is 213 Å². The van der Waals surface area contributed by atoms with Gasteiger partial charge in [-0.05, 0) is 43.5 Å². The van der Waals surface area contributed by atoms with Crippen LogP contribution in [0.3, 0.4) is 0 Å². The van der Waals surface area contributed by atoms with E-state index in [1.54, 1.807) is 19.0 Å². The van der Waals surface area contributed by atoms with Gasteiger partial charge in [-0.15, -0.1) is 24.0 Å². The number of aryl methyl sites for hydroxylation is 2. The predicted octanol–water partition coefficient (Wildman–Crippen LogP) is 3.47. The molecular weight excluding hydrogens is 527 g/mol. The summed E-state index contributed by atoms with van der Waals surface area (Å²) in [5.41, 5.74) is 5.37. The molecule has 0 saturated carbocycles. The highest BCUT2D eigenvalue weighted by atomic mass is 127. The number of guanidine groups is 1. The first-order valence-corrected chi connectivity index (χ1v) is 10.8. The maximum absolute atomic E-state index is 12.1. The maximum Gasteiger partial charge on any atom is 0.241 e. The van der Waals surface area contributed by atoms with E-state index in [1.807, 2.05) is 48.9 Å². The molecule has 3 aromatic rings. The lowest BCUT2D eigenvalue weighted by Crippen LogP contribution is -2.43. The summed E-state index contributed by atoms with van der Waals surface area (Å²) in [6.45, 7) is 5.40. The minimum absolute atomic E-state index is 0. The number of rotatable bonds is 8. The summed E-state index contributed by atoms with van der Waals surface area (Å²) in [6.07, 6.45) is 0.867. The van der Waals surface area contributed by atoms with Gasteiger partial charge in [0.25, 0.3) is 0 Å². The highest BCUT2D eigenvalue weighted by Crippen LogP contribution is 2.17. The number of nitrogens with zero attached hydrogens (tertiary/aromatic N) is 4. The first-order valence-electron chi connectivity index (χ1n) is 10.8. The van der Waals surface area contributed by atoms with Crippen molar-refractivity contribution < 1.29 is 4.79 Å². The topological polar surface area (TPSA) is 74.6 Å². The lowest BCUT2D eigenvalue weighted by Gasteiger charge is -2.16. The van der Waals surface area contributed by atoms with Crippen LogP contribution in [-0.2, 0) is 17.8 Å². The van der Waals surface area contributed by atoms with Gasteiger partial charge in [0, 0.05) is 26.3 Å². The van der Waals surface area contributed by atoms with Crippen LogP contribution in [0.15, 0.2) is 65.7 Å². The summed E-state index contributed by atoms with van der Waals surface area (Å²) in [7, 11) is 3.49. The van der Waals surface area contributed by atoms with Gasteiger partial charge >= 0.3 is 0 Å². The third-order valence-electron chi connectivity index (χ3n) is 5.09. The van der Waals surface area contributed by atoms with Crippen LogP contribution >= 0.6 is 24.0 Å². The molecule has 0 spiro atoms. The lowest BCUT2D eigenvalue weighted by molar-refractivity contribution is -0.127. The highest BCUT2D eigenvalue weighted by molar-refractivity contribution is 14.0. The fourth-order valence-electron chi connectivity index (χ4n) is 3.35. The van der Waals surface area contributed by atoms with Gasteiger partial charge in [-0.3, -0.25) is 4.79 Å². The number of likely N-dealkylation sites (N-methyl/N-ethyl adjacent to an activating group) is 1. The van der Waals surface area contributed by atoms with Crippen LogP contribution in [0, 0.1) is 13.8 Å². The molecule has 0 bridgehead atoms. The number of benzene rings is 2. The number of para-hydroxylation sites is 1. The Morgan fingerprint density at radius 2 is 1.73 bits per heavy atom. The number of aromatic nitrogens is 2. The number of aliphatic imine (C=N–C) groups is 1. The molecule has 0 fully saturated rings. The van der Waals surface area contributed by atoms with Crippen LogP contribution in [-0.4, -0.2) is 53.7 Å². The average Bonchev–Trinajstić information content (AvgIpc) is 3.13. The number of carbonyl (C=O) groups is 1. The lowest BCUT2D eigenvalue weighted by atomic mass is 10.1. The SMILES string of the molecule is Cc1cc(C)n(-c2ccccc2CN=C(NCCc2ccccc2)NCC(=O)N(C)C)n1.I. The zero-order valence-electron chi connectivity index (χ0n) is 19.7. The Hall–Kier alpha value is -2.88. The van der Waals surface area contributed by atoms with E-state index in [4.69, 9.17) is 4.99 Å². The van der Waals surface area contributed by atoms with Crippen LogP contribution in [0.1, 0.15) is 22.5 Å². The summed E-state index contributed by atoms with van der Waals surface area (Å²) < 4.78 is 1.95. The van der Waals surface area contributed by atoms with Crippen molar-refractivity contribution in [3.8, 4) is 5.69 Å². The van der Waals surface area contributed by atoms with E-state index in [0.29, 0.717) is 19.0 Å². The van der Waals surface area contributed by atoms with E-state index in [-0.39, 0.29) is 36.4 Å². The summed E-state index contributed by atoms with van der Waals surface area (Å²) in [6, 6.07) is 20.5. The third kappa shape index (κ3) is 7.88. The van der Waals surface area contributed by atoms with Gasteiger partial charge in [0.2, 0.25) is 5.91 Å². The molecule has 2 aromatic carbocycles. The van der Waals surface area contributed by atoms with Crippen LogP contribution < -0.4 is 10.6 Å². The minimum atomic E-state index is -0.00870. The largest absolute Gasteiger partial charge is 0.356 e. The number of halogens is 1. The second-order valence-corrected chi connectivity index (χ2v) is 7.94. The predicted molar refractivity (Wildman–Crippen MR) is 144 cm³/mol. The Bertz CT molecular complexity index is 1060. The number of nitrogens with one attached hydrogen (secondary N) is 2. The van der Waals surface area contributed by atoms with Gasteiger partial charge in [0.05, 0.1) is 24.5 Å². The Morgan fingerprint density at radius 3 is 2.39 bits per heavy atom. The summed E-state index contributed by atoms with van der Waals surface area (Å²) in [4.78, 5) is 18.4. The molecular formula is C25H33IN6O. The molecule has 0 radical (unpaired) electrons. The maximum atomic E-state index is 12.1. The minimum Gasteiger partial charge on any atom is -0.356 e. The van der Waals surface area contributed by atoms with Crippen molar-refractivity contribution in [2.24, 2.45) is 4.99 Å². The Morgan fingerprint density at radius 1 is 1.03 bits per heavy atom. The summed E-state index contributed by atoms with van der Waals surface area (Å²) in [5, 5.41) is 11.1. The quantitative estimate of drug-likeness (QED) is 0.252. The summed E-state index contributed by atoms with van der Waals surface area (Å²) >= 11 is 0. The van der Waals surface area contributed by atoms with Crippen molar-refractivity contribution in [2.75, 3.05) is 27.2 Å². The molecule has 1 aromatic heterocycles. The highest BCUT2D eigenvalue weighted by Gasteiger charge is 2.10.